The van der Waals surface area contributed by atoms with Crippen molar-refractivity contribution in [3.05, 3.63) is 0 Å². The van der Waals surface area contributed by atoms with Crippen molar-refractivity contribution in [2.45, 2.75) is 39.2 Å². The van der Waals surface area contributed by atoms with E-state index < -0.39 is 5.60 Å². The Balaban J connectivity index is 3.31. The Morgan fingerprint density at radius 1 is 1.29 bits per heavy atom. The van der Waals surface area contributed by atoms with Crippen molar-refractivity contribution < 1.29 is 9.84 Å². The third kappa shape index (κ3) is 9.96. The van der Waals surface area contributed by atoms with Crippen molar-refractivity contribution in [1.82, 2.24) is 4.90 Å². The molecule has 0 saturated carbocycles. The fourth-order valence-corrected chi connectivity index (χ4v) is 1.31. The molecule has 0 fully saturated rings. The number of nitrogens with zero attached hydrogens (tertiary/aromatic N) is 1. The molecule has 0 spiro atoms. The van der Waals surface area contributed by atoms with Gasteiger partial charge in [-0.1, -0.05) is 13.3 Å². The molecule has 0 heterocycles. The standard InChI is InChI=1S/C11H25NO2/c1-5-6-8-14-9-7-12(4)10-11(2,3)13/h13H,5-10H2,1-4H3. The Kier molecular flexibility index (Phi) is 7.15. The minimum atomic E-state index is -0.613. The molecule has 86 valence electrons. The highest BCUT2D eigenvalue weighted by molar-refractivity contribution is 4.69. The van der Waals surface area contributed by atoms with Gasteiger partial charge in [-0.05, 0) is 27.3 Å². The van der Waals surface area contributed by atoms with E-state index >= 15 is 0 Å². The molecule has 0 aliphatic heterocycles. The van der Waals surface area contributed by atoms with Crippen LogP contribution in [0.3, 0.4) is 0 Å². The number of hydrogen-bond acceptors (Lipinski definition) is 3. The Hall–Kier alpha value is -0.120. The minimum Gasteiger partial charge on any atom is -0.389 e. The van der Waals surface area contributed by atoms with Crippen LogP contribution in [0, 0.1) is 0 Å². The van der Waals surface area contributed by atoms with E-state index in [1.165, 1.54) is 6.42 Å². The van der Waals surface area contributed by atoms with E-state index in [1.54, 1.807) is 0 Å². The van der Waals surface area contributed by atoms with Gasteiger partial charge in [-0.2, -0.15) is 0 Å². The molecule has 0 saturated heterocycles. The van der Waals surface area contributed by atoms with Crippen LogP contribution in [0.25, 0.3) is 0 Å². The lowest BCUT2D eigenvalue weighted by molar-refractivity contribution is 0.0322. The fourth-order valence-electron chi connectivity index (χ4n) is 1.31. The van der Waals surface area contributed by atoms with E-state index in [0.29, 0.717) is 6.54 Å². The summed E-state index contributed by atoms with van der Waals surface area (Å²) >= 11 is 0. The maximum Gasteiger partial charge on any atom is 0.0718 e. The van der Waals surface area contributed by atoms with Crippen molar-refractivity contribution in [2.75, 3.05) is 33.4 Å². The highest BCUT2D eigenvalue weighted by Gasteiger charge is 2.14. The third-order valence-corrected chi connectivity index (χ3v) is 1.92. The van der Waals surface area contributed by atoms with Crippen molar-refractivity contribution >= 4 is 0 Å². The van der Waals surface area contributed by atoms with Crippen LogP contribution < -0.4 is 0 Å². The molecule has 0 aromatic carbocycles. The summed E-state index contributed by atoms with van der Waals surface area (Å²) in [6.45, 7) is 8.98. The third-order valence-electron chi connectivity index (χ3n) is 1.92. The molecule has 1 N–H and O–H groups in total. The van der Waals surface area contributed by atoms with Gasteiger partial charge in [0.1, 0.15) is 0 Å². The van der Waals surface area contributed by atoms with Gasteiger partial charge in [-0.15, -0.1) is 0 Å². The molecular formula is C11H25NO2. The van der Waals surface area contributed by atoms with Gasteiger partial charge in [0.05, 0.1) is 12.2 Å². The first-order valence-electron chi connectivity index (χ1n) is 5.44. The van der Waals surface area contributed by atoms with Crippen LogP contribution in [-0.4, -0.2) is 49.0 Å². The number of unbranched alkanes of at least 4 members (excludes halogenated alkanes) is 1. The monoisotopic (exact) mass is 203 g/mol. The highest BCUT2D eigenvalue weighted by atomic mass is 16.5. The lowest BCUT2D eigenvalue weighted by atomic mass is 10.1. The fraction of sp³-hybridized carbons (Fsp3) is 1.00. The van der Waals surface area contributed by atoms with E-state index in [2.05, 4.69) is 11.8 Å². The molecule has 0 aliphatic carbocycles. The topological polar surface area (TPSA) is 32.7 Å². The molecule has 0 amide bonds. The Bertz CT molecular complexity index is 132. The predicted molar refractivity (Wildman–Crippen MR) is 59.5 cm³/mol. The van der Waals surface area contributed by atoms with Gasteiger partial charge in [0, 0.05) is 19.7 Å². The maximum absolute atomic E-state index is 9.55. The van der Waals surface area contributed by atoms with E-state index in [9.17, 15) is 5.11 Å². The normalized spacial score (nSPS) is 12.4. The maximum atomic E-state index is 9.55. The van der Waals surface area contributed by atoms with Gasteiger partial charge in [0.2, 0.25) is 0 Å². The molecule has 0 bridgehead atoms. The Labute approximate surface area is 88.1 Å². The molecule has 3 nitrogen and oxygen atoms in total. The number of likely N-dealkylation sites (N-methyl/N-ethyl adjacent to an activating group) is 1. The summed E-state index contributed by atoms with van der Waals surface area (Å²) < 4.78 is 5.44. The first-order chi connectivity index (χ1) is 6.45. The van der Waals surface area contributed by atoms with E-state index in [0.717, 1.165) is 26.2 Å². The summed E-state index contributed by atoms with van der Waals surface area (Å²) in [5, 5.41) is 9.55. The van der Waals surface area contributed by atoms with Crippen molar-refractivity contribution in [1.29, 1.82) is 0 Å². The summed E-state index contributed by atoms with van der Waals surface area (Å²) in [7, 11) is 2.00. The van der Waals surface area contributed by atoms with Crippen LogP contribution in [0.5, 0.6) is 0 Å². The number of aliphatic hydroxyl groups is 1. The van der Waals surface area contributed by atoms with E-state index in [4.69, 9.17) is 4.74 Å². The molecular weight excluding hydrogens is 178 g/mol. The number of ether oxygens (including phenoxy) is 1. The Morgan fingerprint density at radius 2 is 1.93 bits per heavy atom. The summed E-state index contributed by atoms with van der Waals surface area (Å²) in [5.41, 5.74) is -0.613. The quantitative estimate of drug-likeness (QED) is 0.607. The highest BCUT2D eigenvalue weighted by Crippen LogP contribution is 2.02. The van der Waals surface area contributed by atoms with Crippen molar-refractivity contribution in [3.63, 3.8) is 0 Å². The van der Waals surface area contributed by atoms with Crippen LogP contribution in [0.4, 0.5) is 0 Å². The van der Waals surface area contributed by atoms with Crippen molar-refractivity contribution in [2.24, 2.45) is 0 Å². The number of rotatable bonds is 8. The zero-order valence-corrected chi connectivity index (χ0v) is 10.0. The van der Waals surface area contributed by atoms with Gasteiger partial charge in [-0.3, -0.25) is 0 Å². The molecule has 14 heavy (non-hydrogen) atoms. The SMILES string of the molecule is CCCCOCCN(C)CC(C)(C)O. The molecule has 3 heteroatoms. The molecule has 0 rings (SSSR count). The summed E-state index contributed by atoms with van der Waals surface area (Å²) in [4.78, 5) is 2.09. The lowest BCUT2D eigenvalue weighted by Crippen LogP contribution is -2.37. The Morgan fingerprint density at radius 3 is 2.43 bits per heavy atom. The summed E-state index contributed by atoms with van der Waals surface area (Å²) in [6, 6.07) is 0. The van der Waals surface area contributed by atoms with Crippen LogP contribution in [-0.2, 0) is 4.74 Å². The molecule has 0 atom stereocenters. The van der Waals surface area contributed by atoms with Crippen LogP contribution >= 0.6 is 0 Å². The minimum absolute atomic E-state index is 0.613. The largest absolute Gasteiger partial charge is 0.389 e. The van der Waals surface area contributed by atoms with Gasteiger partial charge in [0.25, 0.3) is 0 Å². The second kappa shape index (κ2) is 7.21. The average molecular weight is 203 g/mol. The van der Waals surface area contributed by atoms with E-state index in [-0.39, 0.29) is 0 Å². The molecule has 0 aromatic heterocycles. The predicted octanol–water partition coefficient (Wildman–Crippen LogP) is 1.51. The van der Waals surface area contributed by atoms with Gasteiger partial charge < -0.3 is 14.7 Å². The zero-order valence-electron chi connectivity index (χ0n) is 10.0. The number of hydrogen-bond donors (Lipinski definition) is 1. The van der Waals surface area contributed by atoms with Crippen molar-refractivity contribution in [3.8, 4) is 0 Å². The summed E-state index contributed by atoms with van der Waals surface area (Å²) in [6.07, 6.45) is 2.31. The molecule has 0 aromatic rings. The van der Waals surface area contributed by atoms with Crippen LogP contribution in [0.15, 0.2) is 0 Å². The average Bonchev–Trinajstić information content (AvgIpc) is 2.00. The lowest BCUT2D eigenvalue weighted by Gasteiger charge is -2.25. The van der Waals surface area contributed by atoms with Gasteiger partial charge >= 0.3 is 0 Å². The van der Waals surface area contributed by atoms with Gasteiger partial charge in [0.15, 0.2) is 0 Å². The molecule has 0 aliphatic rings. The first-order valence-corrected chi connectivity index (χ1v) is 5.44. The van der Waals surface area contributed by atoms with E-state index in [1.807, 2.05) is 20.9 Å². The second-order valence-corrected chi connectivity index (χ2v) is 4.52. The van der Waals surface area contributed by atoms with Crippen LogP contribution in [0.2, 0.25) is 0 Å². The second-order valence-electron chi connectivity index (χ2n) is 4.52. The smallest absolute Gasteiger partial charge is 0.0718 e. The first kappa shape index (κ1) is 13.9. The summed E-state index contributed by atoms with van der Waals surface area (Å²) in [5.74, 6) is 0. The van der Waals surface area contributed by atoms with Crippen LogP contribution in [0.1, 0.15) is 33.6 Å². The van der Waals surface area contributed by atoms with Gasteiger partial charge in [-0.25, -0.2) is 0 Å². The molecule has 0 unspecified atom stereocenters. The zero-order chi connectivity index (χ0) is 11.0. The molecule has 0 radical (unpaired) electrons.